The zero-order valence-corrected chi connectivity index (χ0v) is 10.1. The van der Waals surface area contributed by atoms with Crippen LogP contribution in [0.15, 0.2) is 18.2 Å². The first-order chi connectivity index (χ1) is 8.70. The lowest BCUT2D eigenvalue weighted by atomic mass is 10.2. The molecule has 0 fully saturated rings. The fraction of sp³-hybridized carbons (Fsp3) is 0.231. The highest BCUT2D eigenvalue weighted by Crippen LogP contribution is 2.34. The third-order valence-electron chi connectivity index (χ3n) is 3.00. The summed E-state index contributed by atoms with van der Waals surface area (Å²) in [6, 6.07) is 7.78. The number of ether oxygens (including phenoxy) is 2. The van der Waals surface area contributed by atoms with E-state index in [2.05, 4.69) is 11.2 Å². The van der Waals surface area contributed by atoms with Crippen LogP contribution in [0.4, 0.5) is 0 Å². The third-order valence-corrected chi connectivity index (χ3v) is 3.00. The maximum atomic E-state index is 9.07. The first-order valence-corrected chi connectivity index (χ1v) is 5.57. The molecule has 3 rings (SSSR count). The molecule has 0 N–H and O–H groups in total. The van der Waals surface area contributed by atoms with Crippen molar-refractivity contribution >= 4 is 0 Å². The number of hydrogen-bond acceptors (Lipinski definition) is 4. The van der Waals surface area contributed by atoms with Gasteiger partial charge in [0.05, 0.1) is 22.6 Å². The molecule has 90 valence electrons. The van der Waals surface area contributed by atoms with Crippen molar-refractivity contribution in [2.45, 2.75) is 13.8 Å². The van der Waals surface area contributed by atoms with Crippen molar-refractivity contribution < 1.29 is 9.47 Å². The van der Waals surface area contributed by atoms with Gasteiger partial charge < -0.3 is 9.47 Å². The van der Waals surface area contributed by atoms with Gasteiger partial charge in [-0.15, -0.1) is 0 Å². The first-order valence-electron chi connectivity index (χ1n) is 5.57. The lowest BCUT2D eigenvalue weighted by Gasteiger charge is -2.05. The van der Waals surface area contributed by atoms with Gasteiger partial charge in [0.25, 0.3) is 0 Å². The summed E-state index contributed by atoms with van der Waals surface area (Å²) in [5.41, 5.74) is 3.04. The second kappa shape index (κ2) is 3.77. The van der Waals surface area contributed by atoms with E-state index in [9.17, 15) is 0 Å². The summed E-state index contributed by atoms with van der Waals surface area (Å²) in [5.74, 6) is 1.44. The van der Waals surface area contributed by atoms with Gasteiger partial charge in [0.15, 0.2) is 11.5 Å². The van der Waals surface area contributed by atoms with Crippen LogP contribution in [0, 0.1) is 25.2 Å². The molecule has 1 aliphatic heterocycles. The second-order valence-corrected chi connectivity index (χ2v) is 4.11. The van der Waals surface area contributed by atoms with Crippen LogP contribution < -0.4 is 9.47 Å². The molecule has 5 nitrogen and oxygen atoms in total. The van der Waals surface area contributed by atoms with Gasteiger partial charge in [-0.05, 0) is 26.0 Å². The molecule has 0 unspecified atom stereocenters. The van der Waals surface area contributed by atoms with Gasteiger partial charge in [0.1, 0.15) is 6.07 Å². The van der Waals surface area contributed by atoms with Gasteiger partial charge in [0, 0.05) is 6.07 Å². The van der Waals surface area contributed by atoms with Gasteiger partial charge in [0.2, 0.25) is 6.79 Å². The number of aromatic nitrogens is 2. The largest absolute Gasteiger partial charge is 0.454 e. The molecule has 0 bridgehead atoms. The van der Waals surface area contributed by atoms with Crippen molar-refractivity contribution in [2.75, 3.05) is 6.79 Å². The highest BCUT2D eigenvalue weighted by atomic mass is 16.7. The highest BCUT2D eigenvalue weighted by molar-refractivity contribution is 5.51. The smallest absolute Gasteiger partial charge is 0.231 e. The zero-order valence-electron chi connectivity index (χ0n) is 10.1. The van der Waals surface area contributed by atoms with E-state index >= 15 is 0 Å². The molecule has 0 aliphatic carbocycles. The molecule has 0 saturated heterocycles. The summed E-state index contributed by atoms with van der Waals surface area (Å²) in [6.07, 6.45) is 0. The van der Waals surface area contributed by atoms with E-state index in [1.807, 2.05) is 32.0 Å². The van der Waals surface area contributed by atoms with Crippen molar-refractivity contribution in [3.8, 4) is 23.3 Å². The maximum Gasteiger partial charge on any atom is 0.231 e. The van der Waals surface area contributed by atoms with Crippen LogP contribution in [-0.4, -0.2) is 16.6 Å². The molecule has 0 amide bonds. The molecular formula is C13H11N3O2. The monoisotopic (exact) mass is 241 g/mol. The minimum Gasteiger partial charge on any atom is -0.454 e. The SMILES string of the molecule is Cc1nn(-c2ccc3c(c2)OCO3)c(C)c1C#N. The lowest BCUT2D eigenvalue weighted by molar-refractivity contribution is 0.174. The van der Waals surface area contributed by atoms with E-state index in [1.165, 1.54) is 0 Å². The first kappa shape index (κ1) is 10.7. The Morgan fingerprint density at radius 2 is 2.06 bits per heavy atom. The second-order valence-electron chi connectivity index (χ2n) is 4.11. The van der Waals surface area contributed by atoms with Crippen molar-refractivity contribution in [1.82, 2.24) is 9.78 Å². The Labute approximate surface area is 104 Å². The molecule has 18 heavy (non-hydrogen) atoms. The number of aryl methyl sites for hydroxylation is 1. The molecule has 0 radical (unpaired) electrons. The van der Waals surface area contributed by atoms with Crippen molar-refractivity contribution in [3.63, 3.8) is 0 Å². The Kier molecular flexibility index (Phi) is 2.23. The fourth-order valence-electron chi connectivity index (χ4n) is 2.07. The van der Waals surface area contributed by atoms with Gasteiger partial charge in [-0.3, -0.25) is 0 Å². The highest BCUT2D eigenvalue weighted by Gasteiger charge is 2.17. The predicted molar refractivity (Wildman–Crippen MR) is 63.9 cm³/mol. The number of nitriles is 1. The van der Waals surface area contributed by atoms with Crippen LogP contribution in [0.5, 0.6) is 11.5 Å². The number of rotatable bonds is 1. The van der Waals surface area contributed by atoms with E-state index in [0.717, 1.165) is 22.8 Å². The van der Waals surface area contributed by atoms with Crippen LogP contribution in [0.1, 0.15) is 17.0 Å². The summed E-state index contributed by atoms with van der Waals surface area (Å²) < 4.78 is 12.3. The van der Waals surface area contributed by atoms with Crippen LogP contribution in [-0.2, 0) is 0 Å². The number of hydrogen-bond donors (Lipinski definition) is 0. The maximum absolute atomic E-state index is 9.07. The average Bonchev–Trinajstić information content (AvgIpc) is 2.93. The fourth-order valence-corrected chi connectivity index (χ4v) is 2.07. The van der Waals surface area contributed by atoms with Gasteiger partial charge >= 0.3 is 0 Å². The zero-order chi connectivity index (χ0) is 12.7. The van der Waals surface area contributed by atoms with Crippen LogP contribution in [0.2, 0.25) is 0 Å². The predicted octanol–water partition coefficient (Wildman–Crippen LogP) is 2.09. The number of fused-ring (bicyclic) bond motifs is 1. The van der Waals surface area contributed by atoms with Crippen molar-refractivity contribution in [1.29, 1.82) is 5.26 Å². The molecule has 5 heteroatoms. The number of benzene rings is 1. The molecule has 1 aromatic heterocycles. The van der Waals surface area contributed by atoms with E-state index in [1.54, 1.807) is 4.68 Å². The summed E-state index contributed by atoms with van der Waals surface area (Å²) >= 11 is 0. The van der Waals surface area contributed by atoms with Gasteiger partial charge in [-0.25, -0.2) is 4.68 Å². The quantitative estimate of drug-likeness (QED) is 0.767. The van der Waals surface area contributed by atoms with Crippen molar-refractivity contribution in [2.24, 2.45) is 0 Å². The molecular weight excluding hydrogens is 230 g/mol. The minimum absolute atomic E-state index is 0.249. The standard InChI is InChI=1S/C13H11N3O2/c1-8-11(6-14)9(2)16(15-8)10-3-4-12-13(5-10)18-7-17-12/h3-5H,7H2,1-2H3. The molecule has 0 saturated carbocycles. The van der Waals surface area contributed by atoms with Crippen molar-refractivity contribution in [3.05, 3.63) is 35.2 Å². The molecule has 2 aromatic rings. The Balaban J connectivity index is 2.14. The molecule has 0 spiro atoms. The summed E-state index contributed by atoms with van der Waals surface area (Å²) in [7, 11) is 0. The molecule has 1 aromatic carbocycles. The Bertz CT molecular complexity index is 668. The molecule has 0 atom stereocenters. The summed E-state index contributed by atoms with van der Waals surface area (Å²) in [6.45, 7) is 3.96. The minimum atomic E-state index is 0.249. The normalized spacial score (nSPS) is 12.5. The molecule has 2 heterocycles. The van der Waals surface area contributed by atoms with Gasteiger partial charge in [-0.2, -0.15) is 10.4 Å². The Morgan fingerprint density at radius 1 is 1.28 bits per heavy atom. The summed E-state index contributed by atoms with van der Waals surface area (Å²) in [4.78, 5) is 0. The van der Waals surface area contributed by atoms with Crippen LogP contribution >= 0.6 is 0 Å². The van der Waals surface area contributed by atoms with Crippen LogP contribution in [0.25, 0.3) is 5.69 Å². The molecule has 1 aliphatic rings. The van der Waals surface area contributed by atoms with E-state index in [0.29, 0.717) is 11.3 Å². The van der Waals surface area contributed by atoms with E-state index in [4.69, 9.17) is 14.7 Å². The Morgan fingerprint density at radius 3 is 2.78 bits per heavy atom. The summed E-state index contributed by atoms with van der Waals surface area (Å²) in [5, 5.41) is 13.4. The lowest BCUT2D eigenvalue weighted by Crippen LogP contribution is -1.99. The topological polar surface area (TPSA) is 60.1 Å². The third kappa shape index (κ3) is 1.43. The number of nitrogens with zero attached hydrogens (tertiary/aromatic N) is 3. The average molecular weight is 241 g/mol. The van der Waals surface area contributed by atoms with Gasteiger partial charge in [-0.1, -0.05) is 0 Å². The Hall–Kier alpha value is -2.48. The van der Waals surface area contributed by atoms with E-state index < -0.39 is 0 Å². The van der Waals surface area contributed by atoms with Crippen LogP contribution in [0.3, 0.4) is 0 Å². The van der Waals surface area contributed by atoms with E-state index in [-0.39, 0.29) is 6.79 Å².